The van der Waals surface area contributed by atoms with Gasteiger partial charge in [0, 0.05) is 11.1 Å². The summed E-state index contributed by atoms with van der Waals surface area (Å²) >= 11 is 0. The van der Waals surface area contributed by atoms with Gasteiger partial charge in [-0.25, -0.2) is 0 Å². The maximum Gasteiger partial charge on any atom is 0.192 e. The highest BCUT2D eigenvalue weighted by atomic mass is 28.3. The number of aryl methyl sites for hydroxylation is 2. The van der Waals surface area contributed by atoms with Gasteiger partial charge in [0.2, 0.25) is 0 Å². The minimum Gasteiger partial charge on any atom is -0.115 e. The number of hydrogen-bond acceptors (Lipinski definition) is 0. The number of benzene rings is 5. The summed E-state index contributed by atoms with van der Waals surface area (Å²) in [6.45, 7) is 44.3. The van der Waals surface area contributed by atoms with Crippen molar-refractivity contribution >= 4 is 59.2 Å². The van der Waals surface area contributed by atoms with Gasteiger partial charge in [0.15, 0.2) is 16.1 Å². The minimum atomic E-state index is -2.32. The second-order valence-electron chi connectivity index (χ2n) is 15.5. The van der Waals surface area contributed by atoms with Crippen molar-refractivity contribution in [1.82, 2.24) is 0 Å². The molecule has 0 aromatic heterocycles. The van der Waals surface area contributed by atoms with E-state index in [-0.39, 0.29) is 0 Å². The summed E-state index contributed by atoms with van der Waals surface area (Å²) < 4.78 is 0. The van der Waals surface area contributed by atoms with E-state index in [0.29, 0.717) is 11.1 Å². The van der Waals surface area contributed by atoms with Crippen molar-refractivity contribution in [1.29, 1.82) is 0 Å². The van der Waals surface area contributed by atoms with E-state index < -0.39 is 16.1 Å². The third-order valence-corrected chi connectivity index (χ3v) is 21.7. The molecule has 0 fully saturated rings. The van der Waals surface area contributed by atoms with Crippen molar-refractivity contribution in [2.75, 3.05) is 0 Å². The first-order valence-electron chi connectivity index (χ1n) is 17.9. The van der Waals surface area contributed by atoms with Crippen LogP contribution in [-0.4, -0.2) is 16.1 Å². The van der Waals surface area contributed by atoms with Gasteiger partial charge in [0.1, 0.15) is 0 Å². The molecule has 0 amide bonds. The lowest BCUT2D eigenvalue weighted by Crippen LogP contribution is -2.40. The van der Waals surface area contributed by atoms with E-state index in [0.717, 1.165) is 42.7 Å². The Hall–Kier alpha value is -4.35. The van der Waals surface area contributed by atoms with Gasteiger partial charge in [-0.15, -0.1) is 37.4 Å². The molecule has 0 N–H and O–H groups in total. The molecule has 5 rings (SSSR count). The first-order chi connectivity index (χ1) is 23.4. The summed E-state index contributed by atoms with van der Waals surface area (Å²) in [5.74, 6) is 7.40. The fourth-order valence-electron chi connectivity index (χ4n) is 8.45. The summed E-state index contributed by atoms with van der Waals surface area (Å²) in [6.07, 6.45) is 0. The first kappa shape index (κ1) is 36.9. The fourth-order valence-corrected chi connectivity index (χ4v) is 15.9. The van der Waals surface area contributed by atoms with Crippen LogP contribution in [0.3, 0.4) is 0 Å². The highest BCUT2D eigenvalue weighted by molar-refractivity contribution is 7.00. The molecule has 0 aliphatic heterocycles. The maximum atomic E-state index is 4.43. The third-order valence-electron chi connectivity index (χ3n) is 11.8. The van der Waals surface area contributed by atoms with Crippen molar-refractivity contribution in [3.63, 3.8) is 0 Å². The van der Waals surface area contributed by atoms with Crippen LogP contribution < -0.4 is 0 Å². The van der Waals surface area contributed by atoms with Crippen LogP contribution in [0.1, 0.15) is 88.8 Å². The summed E-state index contributed by atoms with van der Waals surface area (Å²) in [6, 6.07) is 18.5. The standard InChI is InChI=1S/C48H54Si2/c1-29(2)49(30(3)4,31(5)6)21-19-39-17-18-40(20-22-50(32(7)8,33(9)10)34(11)12)48-28-44-24-42-26-46-38(16)36(14)35(13)37(15)45(46)25-41(42)23-43(44)27-47(39)48/h17-18,23-28,31,34H,1,3,7,9H2,2,4-6,8,10-16H3. The van der Waals surface area contributed by atoms with Crippen LogP contribution in [-0.2, 0) is 0 Å². The predicted molar refractivity (Wildman–Crippen MR) is 230 cm³/mol. The second kappa shape index (κ2) is 13.4. The van der Waals surface area contributed by atoms with Crippen molar-refractivity contribution in [2.45, 2.75) is 94.2 Å². The molecule has 5 aromatic rings. The fraction of sp³-hybridized carbons (Fsp3) is 0.292. The third kappa shape index (κ3) is 5.84. The minimum absolute atomic E-state index is 0.376. The van der Waals surface area contributed by atoms with E-state index in [2.05, 4.69) is 181 Å². The molecule has 0 nitrogen and oxygen atoms in total. The lowest BCUT2D eigenvalue weighted by molar-refractivity contribution is 1.02. The zero-order valence-corrected chi connectivity index (χ0v) is 34.6. The number of rotatable bonds is 6. The molecule has 0 saturated heterocycles. The van der Waals surface area contributed by atoms with E-state index in [4.69, 9.17) is 0 Å². The Balaban J connectivity index is 1.89. The molecule has 0 aliphatic rings. The van der Waals surface area contributed by atoms with Crippen LogP contribution in [0.25, 0.3) is 43.1 Å². The molecule has 0 aliphatic carbocycles. The van der Waals surface area contributed by atoms with Gasteiger partial charge >= 0.3 is 0 Å². The van der Waals surface area contributed by atoms with Gasteiger partial charge in [-0.3, -0.25) is 0 Å². The zero-order valence-electron chi connectivity index (χ0n) is 32.6. The Kier molecular flexibility index (Phi) is 9.90. The monoisotopic (exact) mass is 686 g/mol. The quantitative estimate of drug-likeness (QED) is 0.0947. The van der Waals surface area contributed by atoms with Crippen LogP contribution >= 0.6 is 0 Å². The van der Waals surface area contributed by atoms with Crippen LogP contribution in [0.4, 0.5) is 0 Å². The average molecular weight is 687 g/mol. The molecule has 0 heterocycles. The van der Waals surface area contributed by atoms with Gasteiger partial charge in [-0.05, 0) is 180 Å². The molecule has 2 heteroatoms. The van der Waals surface area contributed by atoms with Crippen LogP contribution in [0.2, 0.25) is 11.1 Å². The molecule has 0 bridgehead atoms. The zero-order chi connectivity index (χ0) is 37.0. The summed E-state index contributed by atoms with van der Waals surface area (Å²) in [5.41, 5.74) is 15.9. The Labute approximate surface area is 304 Å². The lowest BCUT2D eigenvalue weighted by Gasteiger charge is -2.31. The molecule has 0 saturated carbocycles. The van der Waals surface area contributed by atoms with E-state index in [1.54, 1.807) is 0 Å². The van der Waals surface area contributed by atoms with Gasteiger partial charge in [0.05, 0.1) is 0 Å². The van der Waals surface area contributed by atoms with E-state index >= 15 is 0 Å². The Morgan fingerprint density at radius 1 is 0.460 bits per heavy atom. The van der Waals surface area contributed by atoms with Gasteiger partial charge in [-0.2, -0.15) is 0 Å². The Morgan fingerprint density at radius 3 is 1.00 bits per heavy atom. The predicted octanol–water partition coefficient (Wildman–Crippen LogP) is 13.5. The molecule has 50 heavy (non-hydrogen) atoms. The van der Waals surface area contributed by atoms with Crippen molar-refractivity contribution in [3.8, 4) is 22.9 Å². The first-order valence-corrected chi connectivity index (χ1v) is 22.1. The SMILES string of the molecule is C=C(C)[Si](C#Cc1ccc(C#C[Si](C(=C)C)(C(=C)C)C(C)C)c2cc3cc4cc5c(C)c(C)c(C)c(C)c5cc4cc3cc12)(C(=C)C)C(C)C. The van der Waals surface area contributed by atoms with Crippen LogP contribution in [0.15, 0.2) is 95.6 Å². The number of fused-ring (bicyclic) bond motifs is 4. The molecule has 0 unspecified atom stereocenters. The normalized spacial score (nSPS) is 12.0. The molecule has 0 spiro atoms. The average Bonchev–Trinajstić information content (AvgIpc) is 3.04. The van der Waals surface area contributed by atoms with E-state index in [1.165, 1.54) is 54.6 Å². The van der Waals surface area contributed by atoms with Crippen molar-refractivity contribution in [3.05, 3.63) is 129 Å². The van der Waals surface area contributed by atoms with Gasteiger partial charge in [-0.1, -0.05) is 60.3 Å². The van der Waals surface area contributed by atoms with E-state index in [9.17, 15) is 0 Å². The van der Waals surface area contributed by atoms with Gasteiger partial charge in [0.25, 0.3) is 0 Å². The van der Waals surface area contributed by atoms with Crippen molar-refractivity contribution in [2.24, 2.45) is 0 Å². The Morgan fingerprint density at radius 2 is 0.740 bits per heavy atom. The summed E-state index contributed by atoms with van der Waals surface area (Å²) in [4.78, 5) is 0. The van der Waals surface area contributed by atoms with Gasteiger partial charge < -0.3 is 0 Å². The largest absolute Gasteiger partial charge is 0.192 e. The summed E-state index contributed by atoms with van der Waals surface area (Å²) in [5, 5.41) is 14.5. The van der Waals surface area contributed by atoms with Crippen molar-refractivity contribution < 1.29 is 0 Å². The lowest BCUT2D eigenvalue weighted by atomic mass is 9.89. The molecular weight excluding hydrogens is 633 g/mol. The highest BCUT2D eigenvalue weighted by Crippen LogP contribution is 2.38. The van der Waals surface area contributed by atoms with E-state index in [1.807, 2.05) is 0 Å². The maximum absolute atomic E-state index is 4.43. The highest BCUT2D eigenvalue weighted by Gasteiger charge is 2.38. The second-order valence-corrected chi connectivity index (χ2v) is 25.0. The summed E-state index contributed by atoms with van der Waals surface area (Å²) in [7, 11) is -4.63. The number of hydrogen-bond donors (Lipinski definition) is 0. The van der Waals surface area contributed by atoms with Crippen LogP contribution in [0, 0.1) is 50.6 Å². The molecule has 0 radical (unpaired) electrons. The Bertz CT molecular complexity index is 2240. The number of allylic oxidation sites excluding steroid dienone is 4. The molecule has 5 aromatic carbocycles. The molecular formula is C48H54Si2. The molecule has 0 atom stereocenters. The molecule has 254 valence electrons. The van der Waals surface area contributed by atoms with Crippen LogP contribution in [0.5, 0.6) is 0 Å². The topological polar surface area (TPSA) is 0 Å². The smallest absolute Gasteiger partial charge is 0.115 e.